The lowest BCUT2D eigenvalue weighted by Crippen LogP contribution is -2.36. The minimum absolute atomic E-state index is 0.215. The van der Waals surface area contributed by atoms with Crippen LogP contribution in [0.15, 0.2) is 181 Å². The van der Waals surface area contributed by atoms with Gasteiger partial charge in [-0.15, -0.1) is 0 Å². The first-order valence-corrected chi connectivity index (χ1v) is 19.7. The van der Waals surface area contributed by atoms with E-state index >= 15 is 0 Å². The van der Waals surface area contributed by atoms with Gasteiger partial charge in [0.1, 0.15) is 6.17 Å². The van der Waals surface area contributed by atoms with Crippen LogP contribution < -0.4 is 5.32 Å². The van der Waals surface area contributed by atoms with Crippen LogP contribution in [-0.4, -0.2) is 10.3 Å². The van der Waals surface area contributed by atoms with Gasteiger partial charge in [-0.25, -0.2) is 0 Å². The molecule has 3 heteroatoms. The highest BCUT2D eigenvalue weighted by Gasteiger charge is 2.50. The standard InChI is InChI=1S/C52H41N3/c1-3-37-33(2)38-30-29-36(47-32-46(34-17-6-4-7-18-34)53-51(54-47)35-19-8-5-9-20-35)31-45(38)52(42-24-12-10-21-39(37)42)43-25-13-15-28-49(43)55-48-27-14-11-22-40(48)41-23-16-26-44(52)50(41)55/h4-33,37,51,54H,3H2,1-2H3/t33?,37-,51?,52?/m1/s1. The minimum Gasteiger partial charge on any atom is -0.360 e. The summed E-state index contributed by atoms with van der Waals surface area (Å²) in [5.41, 5.74) is 17.0. The molecule has 8 aromatic rings. The summed E-state index contributed by atoms with van der Waals surface area (Å²) in [4.78, 5) is 5.27. The summed E-state index contributed by atoms with van der Waals surface area (Å²) >= 11 is 0. The Morgan fingerprint density at radius 1 is 0.600 bits per heavy atom. The molecule has 3 aliphatic rings. The minimum atomic E-state index is -0.564. The molecular weight excluding hydrogens is 667 g/mol. The molecule has 0 saturated heterocycles. The molecule has 0 fully saturated rings. The molecule has 3 heterocycles. The number of hydrogen-bond donors (Lipinski definition) is 1. The van der Waals surface area contributed by atoms with Crippen LogP contribution in [0.4, 0.5) is 0 Å². The zero-order chi connectivity index (χ0) is 36.7. The highest BCUT2D eigenvalue weighted by molar-refractivity contribution is 6.14. The third-order valence-electron chi connectivity index (χ3n) is 12.7. The Bertz CT molecular complexity index is 2860. The maximum atomic E-state index is 5.27. The molecule has 0 bridgehead atoms. The van der Waals surface area contributed by atoms with E-state index in [-0.39, 0.29) is 6.17 Å². The molecular formula is C52H41N3. The van der Waals surface area contributed by atoms with Crippen molar-refractivity contribution in [3.05, 3.63) is 226 Å². The first kappa shape index (κ1) is 32.0. The van der Waals surface area contributed by atoms with E-state index in [0.717, 1.165) is 34.5 Å². The Morgan fingerprint density at radius 2 is 1.29 bits per heavy atom. The van der Waals surface area contributed by atoms with E-state index in [2.05, 4.69) is 200 Å². The van der Waals surface area contributed by atoms with Crippen LogP contribution in [0.1, 0.15) is 88.3 Å². The summed E-state index contributed by atoms with van der Waals surface area (Å²) in [6, 6.07) is 63.0. The second-order valence-electron chi connectivity index (χ2n) is 15.4. The highest BCUT2D eigenvalue weighted by atomic mass is 15.1. The monoisotopic (exact) mass is 707 g/mol. The topological polar surface area (TPSA) is 29.3 Å². The van der Waals surface area contributed by atoms with E-state index in [1.165, 1.54) is 60.9 Å². The molecule has 1 spiro atoms. The third-order valence-corrected chi connectivity index (χ3v) is 12.7. The van der Waals surface area contributed by atoms with E-state index in [9.17, 15) is 0 Å². The third kappa shape index (κ3) is 4.53. The van der Waals surface area contributed by atoms with E-state index in [1.54, 1.807) is 0 Å². The largest absolute Gasteiger partial charge is 0.360 e. The van der Waals surface area contributed by atoms with Crippen LogP contribution in [-0.2, 0) is 5.41 Å². The Hall–Kier alpha value is -6.45. The van der Waals surface area contributed by atoms with E-state index in [0.29, 0.717) is 11.8 Å². The molecule has 1 N–H and O–H groups in total. The van der Waals surface area contributed by atoms with Gasteiger partial charge >= 0.3 is 0 Å². The SMILES string of the molecule is CC[C@H]1c2ccccc2C2(c3cc(C4=CC(c5ccccc5)=NC(c5ccccc5)N4)ccc3C1C)c1ccccc1-n1c3ccccc3c3cccc2c31. The number of benzene rings is 7. The van der Waals surface area contributed by atoms with Gasteiger partial charge in [0.05, 0.1) is 27.8 Å². The van der Waals surface area contributed by atoms with Gasteiger partial charge in [0.15, 0.2) is 0 Å². The van der Waals surface area contributed by atoms with Crippen molar-refractivity contribution >= 4 is 33.2 Å². The van der Waals surface area contributed by atoms with Gasteiger partial charge in [0.2, 0.25) is 0 Å². The van der Waals surface area contributed by atoms with Gasteiger partial charge in [-0.3, -0.25) is 4.99 Å². The number of nitrogens with zero attached hydrogens (tertiary/aromatic N) is 2. The fraction of sp³-hybridized carbons (Fsp3) is 0.135. The molecule has 0 radical (unpaired) electrons. The van der Waals surface area contributed by atoms with Crippen LogP contribution in [0, 0.1) is 0 Å². The molecule has 0 amide bonds. The normalized spacial score (nSPS) is 20.9. The van der Waals surface area contributed by atoms with E-state index in [4.69, 9.17) is 4.99 Å². The summed E-state index contributed by atoms with van der Waals surface area (Å²) in [6.07, 6.45) is 3.09. The van der Waals surface area contributed by atoms with Crippen molar-refractivity contribution in [1.29, 1.82) is 0 Å². The average molecular weight is 708 g/mol. The first-order chi connectivity index (χ1) is 27.2. The Kier molecular flexibility index (Phi) is 7.16. The lowest BCUT2D eigenvalue weighted by atomic mass is 9.61. The number of allylic oxidation sites excluding steroid dienone is 1. The van der Waals surface area contributed by atoms with Crippen molar-refractivity contribution in [3.8, 4) is 5.69 Å². The molecule has 1 aliphatic carbocycles. The van der Waals surface area contributed by atoms with Crippen molar-refractivity contribution < 1.29 is 0 Å². The van der Waals surface area contributed by atoms with Crippen LogP contribution in [0.3, 0.4) is 0 Å². The Balaban J connectivity index is 1.25. The van der Waals surface area contributed by atoms with Crippen molar-refractivity contribution in [2.75, 3.05) is 0 Å². The first-order valence-electron chi connectivity index (χ1n) is 19.7. The summed E-state index contributed by atoms with van der Waals surface area (Å²) in [6.45, 7) is 4.82. The molecule has 3 unspecified atom stereocenters. The van der Waals surface area contributed by atoms with Gasteiger partial charge in [0.25, 0.3) is 0 Å². The number of aromatic nitrogens is 1. The number of para-hydroxylation sites is 3. The Labute approximate surface area is 322 Å². The van der Waals surface area contributed by atoms with Crippen LogP contribution in [0.25, 0.3) is 33.2 Å². The van der Waals surface area contributed by atoms with Crippen LogP contribution >= 0.6 is 0 Å². The summed E-state index contributed by atoms with van der Waals surface area (Å²) < 4.78 is 2.54. The van der Waals surface area contributed by atoms with E-state index < -0.39 is 5.41 Å². The molecule has 3 nitrogen and oxygen atoms in total. The highest BCUT2D eigenvalue weighted by Crippen LogP contribution is 2.60. The summed E-state index contributed by atoms with van der Waals surface area (Å²) in [7, 11) is 0. The maximum Gasteiger partial charge on any atom is 0.145 e. The smallest absolute Gasteiger partial charge is 0.145 e. The Morgan fingerprint density at radius 3 is 2.13 bits per heavy atom. The number of rotatable bonds is 4. The van der Waals surface area contributed by atoms with Gasteiger partial charge in [0, 0.05) is 16.5 Å². The fourth-order valence-corrected chi connectivity index (χ4v) is 10.4. The predicted molar refractivity (Wildman–Crippen MR) is 227 cm³/mol. The molecule has 2 aliphatic heterocycles. The number of hydrogen-bond acceptors (Lipinski definition) is 2. The van der Waals surface area contributed by atoms with Crippen molar-refractivity contribution in [2.24, 2.45) is 4.99 Å². The van der Waals surface area contributed by atoms with Gasteiger partial charge in [-0.05, 0) is 92.6 Å². The number of aliphatic imine (C=N–C) groups is 1. The van der Waals surface area contributed by atoms with Crippen molar-refractivity contribution in [1.82, 2.24) is 9.88 Å². The lowest BCUT2D eigenvalue weighted by molar-refractivity contribution is 0.560. The van der Waals surface area contributed by atoms with Crippen LogP contribution in [0.2, 0.25) is 0 Å². The van der Waals surface area contributed by atoms with Crippen molar-refractivity contribution in [2.45, 2.75) is 43.7 Å². The zero-order valence-electron chi connectivity index (χ0n) is 31.1. The molecule has 0 saturated carbocycles. The second-order valence-corrected chi connectivity index (χ2v) is 15.4. The van der Waals surface area contributed by atoms with Gasteiger partial charge in [-0.2, -0.15) is 0 Å². The van der Waals surface area contributed by atoms with Crippen molar-refractivity contribution in [3.63, 3.8) is 0 Å². The maximum absolute atomic E-state index is 5.27. The molecule has 4 atom stereocenters. The lowest BCUT2D eigenvalue weighted by Gasteiger charge is -2.43. The predicted octanol–water partition coefficient (Wildman–Crippen LogP) is 12.2. The number of nitrogens with one attached hydrogen (secondary N) is 1. The van der Waals surface area contributed by atoms with Gasteiger partial charge < -0.3 is 9.88 Å². The number of fused-ring (bicyclic) bond motifs is 11. The second kappa shape index (κ2) is 12.3. The average Bonchev–Trinajstić information content (AvgIpc) is 3.56. The molecule has 7 aromatic carbocycles. The summed E-state index contributed by atoms with van der Waals surface area (Å²) in [5, 5.41) is 6.48. The van der Waals surface area contributed by atoms with Crippen LogP contribution in [0.5, 0.6) is 0 Å². The molecule has 55 heavy (non-hydrogen) atoms. The molecule has 11 rings (SSSR count). The molecule has 1 aromatic heterocycles. The van der Waals surface area contributed by atoms with Gasteiger partial charge in [-0.1, -0.05) is 166 Å². The summed E-state index contributed by atoms with van der Waals surface area (Å²) in [5.74, 6) is 0.672. The quantitative estimate of drug-likeness (QED) is 0.194. The fourth-order valence-electron chi connectivity index (χ4n) is 10.4. The molecule has 264 valence electrons. The van der Waals surface area contributed by atoms with E-state index in [1.807, 2.05) is 0 Å². The zero-order valence-corrected chi connectivity index (χ0v) is 31.1.